The van der Waals surface area contributed by atoms with Crippen LogP contribution in [0.3, 0.4) is 0 Å². The van der Waals surface area contributed by atoms with Gasteiger partial charge in [-0.05, 0) is 142 Å². The molecule has 8 rings (SSSR count). The maximum atomic E-state index is 8.20. The average molecular weight is 778 g/mol. The van der Waals surface area contributed by atoms with Crippen molar-refractivity contribution in [3.8, 4) is 67.5 Å². The average Bonchev–Trinajstić information content (AvgIpc) is 3.27. The van der Waals surface area contributed by atoms with E-state index in [1.54, 1.807) is 28.4 Å². The molecule has 8 aromatic rings. The van der Waals surface area contributed by atoms with Crippen LogP contribution in [0.1, 0.15) is 45.7 Å². The zero-order valence-corrected chi connectivity index (χ0v) is 35.4. The molecule has 0 heterocycles. The van der Waals surface area contributed by atoms with Gasteiger partial charge in [-0.3, -0.25) is 0 Å². The van der Waals surface area contributed by atoms with Crippen molar-refractivity contribution in [2.45, 2.75) is 45.4 Å². The van der Waals surface area contributed by atoms with Crippen LogP contribution >= 0.6 is 0 Å². The molecular weight excluding hydrogens is 727 g/mol. The summed E-state index contributed by atoms with van der Waals surface area (Å²) in [5, 5.41) is 14.8. The Labute approximate surface area is 347 Å². The monoisotopic (exact) mass is 777 g/mol. The molecule has 0 saturated heterocycles. The SMILES string of the molecule is COc1ccc(-c2c3ccc(OC)cc3c(-c3ccc(C(C)(C)C=N)cc3)c3c(-c4ccc(OC)cc4)c4ccc(OC)cc4c(-c4ccc(C(C)(C)C)cc4)c23)cc1. The molecule has 5 nitrogen and oxygen atoms in total. The highest BCUT2D eigenvalue weighted by Crippen LogP contribution is 2.54. The molecule has 0 radical (unpaired) electrons. The second-order valence-electron chi connectivity index (χ2n) is 16.8. The number of nitrogens with one attached hydrogen (secondary N) is 1. The van der Waals surface area contributed by atoms with Gasteiger partial charge in [-0.15, -0.1) is 0 Å². The van der Waals surface area contributed by atoms with Crippen molar-refractivity contribution >= 4 is 38.5 Å². The third-order valence-electron chi connectivity index (χ3n) is 11.9. The van der Waals surface area contributed by atoms with Crippen LogP contribution in [0.25, 0.3) is 76.8 Å². The summed E-state index contributed by atoms with van der Waals surface area (Å²) in [6, 6.07) is 47.6. The van der Waals surface area contributed by atoms with Gasteiger partial charge in [0.15, 0.2) is 0 Å². The van der Waals surface area contributed by atoms with Gasteiger partial charge >= 0.3 is 0 Å². The number of benzene rings is 8. The van der Waals surface area contributed by atoms with E-state index in [0.717, 1.165) is 105 Å². The van der Waals surface area contributed by atoms with Crippen molar-refractivity contribution < 1.29 is 18.9 Å². The van der Waals surface area contributed by atoms with Crippen LogP contribution in [-0.4, -0.2) is 34.7 Å². The van der Waals surface area contributed by atoms with E-state index in [-0.39, 0.29) is 5.41 Å². The van der Waals surface area contributed by atoms with Crippen LogP contribution < -0.4 is 18.9 Å². The lowest BCUT2D eigenvalue weighted by Crippen LogP contribution is -2.17. The summed E-state index contributed by atoms with van der Waals surface area (Å²) in [6.45, 7) is 10.9. The first kappa shape index (κ1) is 39.2. The second-order valence-corrected chi connectivity index (χ2v) is 16.8. The molecule has 1 N–H and O–H groups in total. The molecule has 0 atom stereocenters. The van der Waals surface area contributed by atoms with Crippen molar-refractivity contribution in [1.29, 1.82) is 5.41 Å². The highest BCUT2D eigenvalue weighted by atomic mass is 16.5. The van der Waals surface area contributed by atoms with Crippen LogP contribution in [0.2, 0.25) is 0 Å². The first-order valence-electron chi connectivity index (χ1n) is 20.0. The van der Waals surface area contributed by atoms with Gasteiger partial charge in [0.05, 0.1) is 28.4 Å². The Morgan fingerprint density at radius 1 is 0.373 bits per heavy atom. The molecule has 0 aromatic heterocycles. The van der Waals surface area contributed by atoms with E-state index in [1.165, 1.54) is 11.8 Å². The predicted molar refractivity (Wildman–Crippen MR) is 247 cm³/mol. The van der Waals surface area contributed by atoms with Crippen LogP contribution in [-0.2, 0) is 10.8 Å². The minimum absolute atomic E-state index is 0.0146. The van der Waals surface area contributed by atoms with E-state index in [0.29, 0.717) is 0 Å². The van der Waals surface area contributed by atoms with Gasteiger partial charge in [-0.1, -0.05) is 120 Å². The lowest BCUT2D eigenvalue weighted by Gasteiger charge is -2.26. The lowest BCUT2D eigenvalue weighted by molar-refractivity contribution is 0.415. The van der Waals surface area contributed by atoms with E-state index in [2.05, 4.69) is 144 Å². The molecule has 296 valence electrons. The van der Waals surface area contributed by atoms with Gasteiger partial charge in [0.1, 0.15) is 23.0 Å². The molecule has 0 aliphatic rings. The fourth-order valence-electron chi connectivity index (χ4n) is 8.44. The molecule has 59 heavy (non-hydrogen) atoms. The van der Waals surface area contributed by atoms with Crippen LogP contribution in [0.4, 0.5) is 0 Å². The number of fused-ring (bicyclic) bond motifs is 3. The molecule has 0 aliphatic carbocycles. The van der Waals surface area contributed by atoms with E-state index in [1.807, 2.05) is 24.3 Å². The Hall–Kier alpha value is -6.59. The zero-order chi connectivity index (χ0) is 41.6. The van der Waals surface area contributed by atoms with Crippen molar-refractivity contribution in [3.63, 3.8) is 0 Å². The number of ether oxygens (including phenoxy) is 4. The zero-order valence-electron chi connectivity index (χ0n) is 35.4. The number of methoxy groups -OCH3 is 4. The molecule has 0 spiro atoms. The lowest BCUT2D eigenvalue weighted by atomic mass is 9.77. The molecule has 0 saturated carbocycles. The third-order valence-corrected chi connectivity index (χ3v) is 11.9. The van der Waals surface area contributed by atoms with Crippen molar-refractivity contribution in [2.24, 2.45) is 0 Å². The predicted octanol–water partition coefficient (Wildman–Crippen LogP) is 14.1. The fourth-order valence-corrected chi connectivity index (χ4v) is 8.44. The summed E-state index contributed by atoms with van der Waals surface area (Å²) >= 11 is 0. The summed E-state index contributed by atoms with van der Waals surface area (Å²) < 4.78 is 23.3. The standard InChI is InChI=1S/C54H51NO4/c1-53(2,3)37-18-10-33(11-19-37)49-45-30-41(58-8)26-28-43(45)48(36-16-24-40(57-7)25-17-36)52-50(34-12-20-38(21-13-34)54(4,5)32-55)46-31-42(59-9)27-29-44(46)47(51(49)52)35-14-22-39(56-6)23-15-35/h10-32,55H,1-9H3. The minimum atomic E-state index is -0.417. The highest BCUT2D eigenvalue weighted by molar-refractivity contribution is 6.34. The van der Waals surface area contributed by atoms with Gasteiger partial charge in [0.2, 0.25) is 0 Å². The maximum absolute atomic E-state index is 8.20. The smallest absolute Gasteiger partial charge is 0.119 e. The van der Waals surface area contributed by atoms with Crippen molar-refractivity contribution in [2.75, 3.05) is 28.4 Å². The van der Waals surface area contributed by atoms with Crippen LogP contribution in [0, 0.1) is 5.41 Å². The molecule has 0 aliphatic heterocycles. The van der Waals surface area contributed by atoms with Gasteiger partial charge < -0.3 is 24.4 Å². The van der Waals surface area contributed by atoms with Crippen LogP contribution in [0.15, 0.2) is 133 Å². The van der Waals surface area contributed by atoms with Gasteiger partial charge in [0, 0.05) is 11.6 Å². The summed E-state index contributed by atoms with van der Waals surface area (Å²) in [7, 11) is 6.86. The van der Waals surface area contributed by atoms with Crippen LogP contribution in [0.5, 0.6) is 23.0 Å². The Bertz CT molecular complexity index is 2850. The minimum Gasteiger partial charge on any atom is -0.497 e. The Kier molecular flexibility index (Phi) is 10.2. The molecular formula is C54H51NO4. The van der Waals surface area contributed by atoms with E-state index >= 15 is 0 Å². The second kappa shape index (κ2) is 15.3. The number of rotatable bonds is 10. The number of hydrogen-bond acceptors (Lipinski definition) is 5. The Morgan fingerprint density at radius 3 is 1.00 bits per heavy atom. The maximum Gasteiger partial charge on any atom is 0.119 e. The molecule has 0 amide bonds. The highest BCUT2D eigenvalue weighted by Gasteiger charge is 2.28. The molecule has 0 fully saturated rings. The molecule has 0 unspecified atom stereocenters. The van der Waals surface area contributed by atoms with Crippen molar-refractivity contribution in [1.82, 2.24) is 0 Å². The summed E-state index contributed by atoms with van der Waals surface area (Å²) in [5.41, 5.74) is 10.7. The first-order valence-corrected chi connectivity index (χ1v) is 20.0. The number of hydrogen-bond donors (Lipinski definition) is 1. The largest absolute Gasteiger partial charge is 0.497 e. The summed E-state index contributed by atoms with van der Waals surface area (Å²) in [6.07, 6.45) is 1.51. The van der Waals surface area contributed by atoms with E-state index in [9.17, 15) is 0 Å². The Balaban J connectivity index is 1.70. The van der Waals surface area contributed by atoms with Crippen molar-refractivity contribution in [3.05, 3.63) is 145 Å². The molecule has 8 aromatic carbocycles. The first-order chi connectivity index (χ1) is 28.4. The van der Waals surface area contributed by atoms with E-state index in [4.69, 9.17) is 24.4 Å². The van der Waals surface area contributed by atoms with E-state index < -0.39 is 5.41 Å². The summed E-state index contributed by atoms with van der Waals surface area (Å²) in [5.74, 6) is 3.14. The quantitative estimate of drug-likeness (QED) is 0.111. The Morgan fingerprint density at radius 2 is 0.678 bits per heavy atom. The normalized spacial score (nSPS) is 11.9. The van der Waals surface area contributed by atoms with Gasteiger partial charge in [-0.2, -0.15) is 0 Å². The molecule has 0 bridgehead atoms. The summed E-state index contributed by atoms with van der Waals surface area (Å²) in [4.78, 5) is 0. The fraction of sp³-hybridized carbons (Fsp3) is 0.204. The third kappa shape index (κ3) is 6.95. The molecule has 5 heteroatoms. The topological polar surface area (TPSA) is 60.8 Å². The van der Waals surface area contributed by atoms with Gasteiger partial charge in [-0.25, -0.2) is 0 Å². The van der Waals surface area contributed by atoms with Gasteiger partial charge in [0.25, 0.3) is 0 Å².